The van der Waals surface area contributed by atoms with Crippen LogP contribution >= 0.6 is 0 Å². The standard InChI is InChI=1S/C20H19FN2O.C11H18O3S/c1-22-11-12-5-7-13(8-6-12)20-15-3-2-4-18(24)16-9-14(21)10-17(23-20)19(15)16;1-8-6-9-4-5-11(8,10(9,2)3)7-15(12,13)14/h5-10,22-23H,2-4,11H2,1H3;9H,1,4-7H2,2-3H3,(H,12,13,14)/t;9?,11-/m.1/s1. The van der Waals surface area contributed by atoms with E-state index >= 15 is 0 Å². The van der Waals surface area contributed by atoms with Crippen molar-refractivity contribution in [3.8, 4) is 11.3 Å². The van der Waals surface area contributed by atoms with Crippen molar-refractivity contribution in [2.24, 2.45) is 16.7 Å². The SMILES string of the molecule is C=C1CC2CC[C@]1(CS(=O)(=O)O)C2(C)C.CNCc1ccc(-c2[nH]c3cc(F)cc4c3c2CCCC4=O)cc1. The molecular weight excluding hydrogens is 515 g/mol. The van der Waals surface area contributed by atoms with Gasteiger partial charge < -0.3 is 10.3 Å². The van der Waals surface area contributed by atoms with Crippen LogP contribution in [0.3, 0.4) is 0 Å². The van der Waals surface area contributed by atoms with E-state index in [1.54, 1.807) is 0 Å². The predicted octanol–water partition coefficient (Wildman–Crippen LogP) is 6.47. The molecule has 0 saturated heterocycles. The summed E-state index contributed by atoms with van der Waals surface area (Å²) in [5.41, 5.74) is 6.24. The van der Waals surface area contributed by atoms with Crippen molar-refractivity contribution in [1.29, 1.82) is 0 Å². The van der Waals surface area contributed by atoms with Gasteiger partial charge in [-0.3, -0.25) is 9.35 Å². The molecule has 0 spiro atoms. The first-order valence-electron chi connectivity index (χ1n) is 13.6. The molecule has 0 aliphatic heterocycles. The number of aromatic amines is 1. The summed E-state index contributed by atoms with van der Waals surface area (Å²) in [7, 11) is -1.99. The summed E-state index contributed by atoms with van der Waals surface area (Å²) < 4.78 is 45.2. The first-order valence-corrected chi connectivity index (χ1v) is 15.2. The number of allylic oxidation sites excluding steroid dienone is 1. The molecule has 3 aliphatic carbocycles. The molecule has 2 saturated carbocycles. The normalized spacial score (nSPS) is 23.6. The molecular formula is C31H37FN2O4S. The Labute approximate surface area is 229 Å². The van der Waals surface area contributed by atoms with Crippen LogP contribution in [-0.2, 0) is 23.1 Å². The van der Waals surface area contributed by atoms with E-state index in [1.807, 2.05) is 7.05 Å². The molecule has 6 rings (SSSR count). The highest BCUT2D eigenvalue weighted by Crippen LogP contribution is 2.68. The van der Waals surface area contributed by atoms with Crippen molar-refractivity contribution in [3.05, 3.63) is 71.1 Å². The van der Waals surface area contributed by atoms with E-state index < -0.39 is 10.1 Å². The Hall–Kier alpha value is -2.81. The van der Waals surface area contributed by atoms with Crippen molar-refractivity contribution in [1.82, 2.24) is 10.3 Å². The number of H-pyrrole nitrogens is 1. The third-order valence-corrected chi connectivity index (χ3v) is 10.4. The third-order valence-electron chi connectivity index (χ3n) is 9.49. The topological polar surface area (TPSA) is 99.3 Å². The minimum atomic E-state index is -3.92. The van der Waals surface area contributed by atoms with Gasteiger partial charge in [-0.2, -0.15) is 8.42 Å². The van der Waals surface area contributed by atoms with E-state index in [-0.39, 0.29) is 28.2 Å². The highest BCUT2D eigenvalue weighted by molar-refractivity contribution is 7.85. The minimum Gasteiger partial charge on any atom is -0.354 e. The lowest BCUT2D eigenvalue weighted by Gasteiger charge is -2.37. The number of nitrogens with one attached hydrogen (secondary N) is 2. The Balaban J connectivity index is 0.000000177. The number of carbonyl (C=O) groups excluding carboxylic acids is 1. The summed E-state index contributed by atoms with van der Waals surface area (Å²) in [5, 5.41) is 4.03. The zero-order chi connectivity index (χ0) is 28.2. The first kappa shape index (κ1) is 27.7. The van der Waals surface area contributed by atoms with Crippen LogP contribution < -0.4 is 5.32 Å². The molecule has 1 aromatic heterocycles. The number of benzene rings is 2. The van der Waals surface area contributed by atoms with Crippen LogP contribution in [0.1, 0.15) is 67.4 Å². The summed E-state index contributed by atoms with van der Waals surface area (Å²) in [6, 6.07) is 11.2. The molecule has 208 valence electrons. The van der Waals surface area contributed by atoms with Crippen molar-refractivity contribution >= 4 is 26.8 Å². The molecule has 39 heavy (non-hydrogen) atoms. The zero-order valence-electron chi connectivity index (χ0n) is 22.9. The van der Waals surface area contributed by atoms with Gasteiger partial charge in [-0.1, -0.05) is 50.3 Å². The van der Waals surface area contributed by atoms with E-state index in [1.165, 1.54) is 17.7 Å². The van der Waals surface area contributed by atoms with Crippen LogP contribution in [0.15, 0.2) is 48.6 Å². The molecule has 0 amide bonds. The van der Waals surface area contributed by atoms with E-state index in [9.17, 15) is 17.6 Å². The van der Waals surface area contributed by atoms with Crippen LogP contribution in [0.4, 0.5) is 4.39 Å². The number of hydrogen-bond acceptors (Lipinski definition) is 4. The maximum atomic E-state index is 13.9. The molecule has 3 aromatic rings. The number of ketones is 1. The highest BCUT2D eigenvalue weighted by Gasteiger charge is 2.62. The largest absolute Gasteiger partial charge is 0.354 e. The zero-order valence-corrected chi connectivity index (χ0v) is 23.7. The number of fused-ring (bicyclic) bond motifs is 2. The van der Waals surface area contributed by atoms with Crippen molar-refractivity contribution < 1.29 is 22.2 Å². The number of carbonyl (C=O) groups is 1. The lowest BCUT2D eigenvalue weighted by atomic mass is 9.69. The molecule has 2 atom stereocenters. The fourth-order valence-electron chi connectivity index (χ4n) is 7.28. The summed E-state index contributed by atoms with van der Waals surface area (Å²) >= 11 is 0. The van der Waals surface area contributed by atoms with Crippen LogP contribution in [0, 0.1) is 22.6 Å². The number of rotatable bonds is 5. The van der Waals surface area contributed by atoms with Crippen LogP contribution in [0.25, 0.3) is 22.2 Å². The first-order chi connectivity index (χ1) is 18.4. The number of Topliss-reactive ketones (excluding diaryl/α,β-unsaturated/α-hetero) is 1. The van der Waals surface area contributed by atoms with Crippen LogP contribution in [0.5, 0.6) is 0 Å². The van der Waals surface area contributed by atoms with Gasteiger partial charge >= 0.3 is 0 Å². The molecule has 2 bridgehead atoms. The lowest BCUT2D eigenvalue weighted by Crippen LogP contribution is -2.37. The van der Waals surface area contributed by atoms with Gasteiger partial charge in [0.05, 0.1) is 5.75 Å². The molecule has 2 fully saturated rings. The maximum Gasteiger partial charge on any atom is 0.265 e. The number of aryl methyl sites for hydroxylation is 1. The van der Waals surface area contributed by atoms with Gasteiger partial charge in [0.25, 0.3) is 10.1 Å². The van der Waals surface area contributed by atoms with Crippen LogP contribution in [0.2, 0.25) is 0 Å². The average Bonchev–Trinajstić information content (AvgIpc) is 3.33. The number of halogens is 1. The van der Waals surface area contributed by atoms with Gasteiger partial charge in [-0.25, -0.2) is 4.39 Å². The number of aromatic nitrogens is 1. The Morgan fingerprint density at radius 2 is 1.90 bits per heavy atom. The second kappa shape index (κ2) is 9.98. The van der Waals surface area contributed by atoms with E-state index in [2.05, 4.69) is 55.0 Å². The molecule has 1 heterocycles. The fraction of sp³-hybridized carbons (Fsp3) is 0.452. The summed E-state index contributed by atoms with van der Waals surface area (Å²) in [6.45, 7) is 9.05. The van der Waals surface area contributed by atoms with Gasteiger partial charge in [0.15, 0.2) is 5.78 Å². The highest BCUT2D eigenvalue weighted by atomic mass is 32.2. The van der Waals surface area contributed by atoms with Gasteiger partial charge in [-0.15, -0.1) is 0 Å². The Bertz CT molecular complexity index is 1560. The predicted molar refractivity (Wildman–Crippen MR) is 153 cm³/mol. The molecule has 0 radical (unpaired) electrons. The van der Waals surface area contributed by atoms with Crippen LogP contribution in [-0.4, -0.2) is 36.5 Å². The maximum absolute atomic E-state index is 13.9. The Morgan fingerprint density at radius 3 is 2.49 bits per heavy atom. The molecule has 1 unspecified atom stereocenters. The molecule has 6 nitrogen and oxygen atoms in total. The smallest absolute Gasteiger partial charge is 0.265 e. The van der Waals surface area contributed by atoms with Crippen molar-refractivity contribution in [2.75, 3.05) is 12.8 Å². The minimum absolute atomic E-state index is 0.0353. The van der Waals surface area contributed by atoms with Gasteiger partial charge in [0.1, 0.15) is 5.82 Å². The fourth-order valence-corrected chi connectivity index (χ4v) is 8.63. The van der Waals surface area contributed by atoms with Crippen molar-refractivity contribution in [3.63, 3.8) is 0 Å². The molecule has 3 aliphatic rings. The molecule has 2 aromatic carbocycles. The van der Waals surface area contributed by atoms with E-state index in [0.717, 1.165) is 66.4 Å². The summed E-state index contributed by atoms with van der Waals surface area (Å²) in [4.78, 5) is 15.7. The molecule has 8 heteroatoms. The monoisotopic (exact) mass is 552 g/mol. The Kier molecular flexibility index (Phi) is 7.10. The van der Waals surface area contributed by atoms with Gasteiger partial charge in [0, 0.05) is 40.5 Å². The molecule has 3 N–H and O–H groups in total. The van der Waals surface area contributed by atoms with Crippen molar-refractivity contribution in [2.45, 2.75) is 58.9 Å². The van der Waals surface area contributed by atoms with E-state index in [4.69, 9.17) is 4.55 Å². The second-order valence-electron chi connectivity index (χ2n) is 11.9. The quantitative estimate of drug-likeness (QED) is 0.249. The lowest BCUT2D eigenvalue weighted by molar-refractivity contribution is 0.0982. The van der Waals surface area contributed by atoms with Gasteiger partial charge in [-0.05, 0) is 79.3 Å². The second-order valence-corrected chi connectivity index (χ2v) is 13.4. The number of hydrogen-bond donors (Lipinski definition) is 3. The average molecular weight is 553 g/mol. The summed E-state index contributed by atoms with van der Waals surface area (Å²) in [5.74, 6) is 0.0545. The van der Waals surface area contributed by atoms with E-state index in [0.29, 0.717) is 23.4 Å². The van der Waals surface area contributed by atoms with Gasteiger partial charge in [0.2, 0.25) is 0 Å². The Morgan fingerprint density at radius 1 is 1.18 bits per heavy atom. The third kappa shape index (κ3) is 4.87. The summed E-state index contributed by atoms with van der Waals surface area (Å²) in [6.07, 6.45) is 4.94.